The van der Waals surface area contributed by atoms with Gasteiger partial charge in [-0.05, 0) is 17.7 Å². The lowest BCUT2D eigenvalue weighted by Crippen LogP contribution is -2.50. The molecule has 0 saturated carbocycles. The zero-order chi connectivity index (χ0) is 17.7. The number of nitrogens with one attached hydrogen (secondary N) is 1. The summed E-state index contributed by atoms with van der Waals surface area (Å²) in [7, 11) is 0. The number of benzene rings is 1. The minimum absolute atomic E-state index is 0.111. The molecule has 10 nitrogen and oxygen atoms in total. The monoisotopic (exact) mass is 332 g/mol. The Bertz CT molecular complexity index is 743. The highest BCUT2D eigenvalue weighted by Gasteiger charge is 2.36. The third kappa shape index (κ3) is 4.08. The van der Waals surface area contributed by atoms with Crippen molar-refractivity contribution < 1.29 is 28.8 Å². The summed E-state index contributed by atoms with van der Waals surface area (Å²) in [6.07, 6.45) is 0.0000558. The zero-order valence-electron chi connectivity index (χ0n) is 12.3. The van der Waals surface area contributed by atoms with Gasteiger partial charge in [0.15, 0.2) is 0 Å². The summed E-state index contributed by atoms with van der Waals surface area (Å²) < 4.78 is 4.85. The molecule has 0 aromatic heterocycles. The van der Waals surface area contributed by atoms with Crippen molar-refractivity contribution in [3.63, 3.8) is 0 Å². The summed E-state index contributed by atoms with van der Waals surface area (Å²) in [5.41, 5.74) is 8.41. The normalized spacial score (nSPS) is 15.5. The molecule has 24 heavy (non-hydrogen) atoms. The third-order valence-electron chi connectivity index (χ3n) is 3.30. The van der Waals surface area contributed by atoms with Gasteiger partial charge in [0.25, 0.3) is 11.5 Å². The Morgan fingerprint density at radius 1 is 1.38 bits per heavy atom. The van der Waals surface area contributed by atoms with Crippen LogP contribution in [0.4, 0.5) is 5.69 Å². The van der Waals surface area contributed by atoms with E-state index in [1.807, 2.05) is 0 Å². The van der Waals surface area contributed by atoms with Crippen LogP contribution in [0.3, 0.4) is 0 Å². The largest absolute Gasteiger partial charge is 0.452 e. The van der Waals surface area contributed by atoms with Gasteiger partial charge in [-0.2, -0.15) is 4.79 Å². The number of hydrogen-bond donors (Lipinski definition) is 1. The van der Waals surface area contributed by atoms with Crippen LogP contribution in [-0.2, 0) is 25.7 Å². The molecule has 1 N–H and O–H groups in total. The number of hydrogen-bond acceptors (Lipinski definition) is 6. The molecule has 0 bridgehead atoms. The van der Waals surface area contributed by atoms with Gasteiger partial charge in [0.05, 0.1) is 4.92 Å². The molecule has 1 atom stereocenters. The standard InChI is InChI=1S/C14H12N4O6/c15-17-13(11(19)5-9-6-12(20)16-9)14(21)24-7-8-1-3-10(4-2-8)18(22)23/h1-4,9H,5-7H2,(H,16,20). The van der Waals surface area contributed by atoms with Crippen LogP contribution in [0.1, 0.15) is 18.4 Å². The Morgan fingerprint density at radius 3 is 2.50 bits per heavy atom. The van der Waals surface area contributed by atoms with Crippen molar-refractivity contribution in [1.82, 2.24) is 5.32 Å². The predicted molar refractivity (Wildman–Crippen MR) is 77.7 cm³/mol. The van der Waals surface area contributed by atoms with Crippen molar-refractivity contribution in [3.05, 3.63) is 45.5 Å². The number of amides is 1. The smallest absolute Gasteiger partial charge is 0.441 e. The predicted octanol–water partition coefficient (Wildman–Crippen LogP) is 0.157. The molecular formula is C14H12N4O6. The minimum atomic E-state index is -1.12. The van der Waals surface area contributed by atoms with E-state index >= 15 is 0 Å². The summed E-state index contributed by atoms with van der Waals surface area (Å²) >= 11 is 0. The first-order chi connectivity index (χ1) is 11.4. The molecule has 1 aliphatic heterocycles. The van der Waals surface area contributed by atoms with Gasteiger partial charge in [0, 0.05) is 31.0 Å². The Hall–Kier alpha value is -3.39. The van der Waals surface area contributed by atoms with Crippen LogP contribution in [0, 0.1) is 10.1 Å². The lowest BCUT2D eigenvalue weighted by Gasteiger charge is -2.25. The van der Waals surface area contributed by atoms with E-state index in [4.69, 9.17) is 10.3 Å². The van der Waals surface area contributed by atoms with Gasteiger partial charge in [0.2, 0.25) is 5.91 Å². The van der Waals surface area contributed by atoms with Crippen molar-refractivity contribution in [2.75, 3.05) is 0 Å². The maximum Gasteiger partial charge on any atom is 0.441 e. The summed E-state index contributed by atoms with van der Waals surface area (Å²) in [6.45, 7) is -0.247. The van der Waals surface area contributed by atoms with Crippen molar-refractivity contribution in [2.24, 2.45) is 0 Å². The first-order valence-electron chi connectivity index (χ1n) is 6.85. The van der Waals surface area contributed by atoms with Crippen molar-refractivity contribution >= 4 is 29.1 Å². The minimum Gasteiger partial charge on any atom is -0.452 e. The number of nitro benzene ring substituents is 1. The first kappa shape index (κ1) is 17.0. The van der Waals surface area contributed by atoms with Gasteiger partial charge in [-0.1, -0.05) is 0 Å². The van der Waals surface area contributed by atoms with Crippen LogP contribution in [0.25, 0.3) is 5.53 Å². The van der Waals surface area contributed by atoms with E-state index in [2.05, 4.69) is 10.1 Å². The van der Waals surface area contributed by atoms with E-state index in [0.717, 1.165) is 0 Å². The summed E-state index contributed by atoms with van der Waals surface area (Å²) in [6, 6.07) is 4.90. The quantitative estimate of drug-likeness (QED) is 0.110. The van der Waals surface area contributed by atoms with Crippen molar-refractivity contribution in [1.29, 1.82) is 0 Å². The molecule has 124 valence electrons. The second-order valence-electron chi connectivity index (χ2n) is 5.04. The van der Waals surface area contributed by atoms with E-state index in [-0.39, 0.29) is 37.1 Å². The number of carbonyl (C=O) groups is 3. The molecule has 1 saturated heterocycles. The van der Waals surface area contributed by atoms with Crippen LogP contribution in [0.2, 0.25) is 0 Å². The van der Waals surface area contributed by atoms with Crippen molar-refractivity contribution in [2.45, 2.75) is 25.5 Å². The van der Waals surface area contributed by atoms with E-state index in [9.17, 15) is 24.5 Å². The van der Waals surface area contributed by atoms with Gasteiger partial charge < -0.3 is 15.6 Å². The van der Waals surface area contributed by atoms with Crippen LogP contribution >= 0.6 is 0 Å². The average Bonchev–Trinajstić information content (AvgIpc) is 2.52. The van der Waals surface area contributed by atoms with E-state index in [1.54, 1.807) is 0 Å². The fourth-order valence-electron chi connectivity index (χ4n) is 2.02. The van der Waals surface area contributed by atoms with Crippen LogP contribution in [0.15, 0.2) is 24.3 Å². The number of esters is 1. The maximum atomic E-state index is 11.8. The fraction of sp³-hybridized carbons (Fsp3) is 0.286. The highest BCUT2D eigenvalue weighted by molar-refractivity contribution is 6.62. The number of nitrogens with zero attached hydrogens (tertiary/aromatic N) is 3. The van der Waals surface area contributed by atoms with E-state index in [0.29, 0.717) is 5.56 Å². The maximum absolute atomic E-state index is 11.8. The zero-order valence-corrected chi connectivity index (χ0v) is 12.3. The van der Waals surface area contributed by atoms with Gasteiger partial charge in [-0.15, -0.1) is 0 Å². The molecule has 1 amide bonds. The van der Waals surface area contributed by atoms with Gasteiger partial charge >= 0.3 is 11.7 Å². The molecule has 1 aromatic rings. The molecule has 2 rings (SSSR count). The van der Waals surface area contributed by atoms with E-state index < -0.39 is 22.4 Å². The number of nitro groups is 1. The van der Waals surface area contributed by atoms with Crippen LogP contribution < -0.4 is 5.32 Å². The lowest BCUT2D eigenvalue weighted by atomic mass is 9.98. The number of ether oxygens (including phenoxy) is 1. The molecule has 1 aromatic carbocycles. The Labute approximate surface area is 135 Å². The molecule has 1 unspecified atom stereocenters. The number of β-lactam (4-membered cyclic amide) rings is 1. The highest BCUT2D eigenvalue weighted by atomic mass is 16.6. The average molecular weight is 332 g/mol. The van der Waals surface area contributed by atoms with Crippen LogP contribution in [0.5, 0.6) is 0 Å². The molecule has 0 radical (unpaired) electrons. The second-order valence-corrected chi connectivity index (χ2v) is 5.04. The van der Waals surface area contributed by atoms with E-state index in [1.165, 1.54) is 24.3 Å². The first-order valence-corrected chi connectivity index (χ1v) is 6.85. The number of Topliss-reactive ketones (excluding diaryl/α,β-unsaturated/α-hetero) is 1. The summed E-state index contributed by atoms with van der Waals surface area (Å²) in [5, 5.41) is 13.0. The number of carbonyl (C=O) groups excluding carboxylic acids is 3. The summed E-state index contributed by atoms with van der Waals surface area (Å²) in [5.74, 6) is -2.07. The summed E-state index contributed by atoms with van der Waals surface area (Å²) in [4.78, 5) is 47.0. The Balaban J connectivity index is 1.89. The topological polar surface area (TPSA) is 152 Å². The molecule has 0 aliphatic carbocycles. The highest BCUT2D eigenvalue weighted by Crippen LogP contribution is 2.13. The van der Waals surface area contributed by atoms with Crippen LogP contribution in [-0.4, -0.2) is 39.1 Å². The number of non-ortho nitro benzene ring substituents is 1. The number of ketones is 1. The van der Waals surface area contributed by atoms with Gasteiger partial charge in [-0.25, -0.2) is 4.79 Å². The Morgan fingerprint density at radius 2 is 2.00 bits per heavy atom. The van der Waals surface area contributed by atoms with Gasteiger partial charge in [-0.3, -0.25) is 19.7 Å². The fourth-order valence-corrected chi connectivity index (χ4v) is 2.02. The molecular weight excluding hydrogens is 320 g/mol. The second kappa shape index (κ2) is 7.25. The Kier molecular flexibility index (Phi) is 5.13. The van der Waals surface area contributed by atoms with Crippen molar-refractivity contribution in [3.8, 4) is 0 Å². The SMILES string of the molecule is [N-]=[N+]=C(C(=O)CC1CC(=O)N1)C(=O)OCc1ccc([N+](=O)[O-])cc1. The molecule has 1 fully saturated rings. The molecule has 10 heteroatoms. The van der Waals surface area contributed by atoms with Gasteiger partial charge in [0.1, 0.15) is 6.61 Å². The lowest BCUT2D eigenvalue weighted by molar-refractivity contribution is -0.384. The molecule has 0 spiro atoms. The third-order valence-corrected chi connectivity index (χ3v) is 3.30. The molecule has 1 heterocycles. The number of rotatable bonds is 7. The molecule has 1 aliphatic rings.